The van der Waals surface area contributed by atoms with Crippen molar-refractivity contribution in [2.45, 2.75) is 32.4 Å². The molecule has 0 saturated carbocycles. The van der Waals surface area contributed by atoms with Gasteiger partial charge in [-0.1, -0.05) is 0 Å². The van der Waals surface area contributed by atoms with E-state index in [4.69, 9.17) is 4.74 Å². The smallest absolute Gasteiger partial charge is 0.126 e. The van der Waals surface area contributed by atoms with Crippen molar-refractivity contribution in [3.05, 3.63) is 35.4 Å². The summed E-state index contributed by atoms with van der Waals surface area (Å²) in [5.41, 5.74) is 0.276. The maximum atomic E-state index is 13.1. The number of aliphatic hydroxyl groups excluding tert-OH is 1. The average Bonchev–Trinajstić information content (AvgIpc) is 2.36. The Bertz CT molecular complexity index is 393. The molecular weight excluding hydrogens is 264 g/mol. The Kier molecular flexibility index (Phi) is 7.05. The highest BCUT2D eigenvalue weighted by atomic mass is 19.1. The Labute approximate surface area is 119 Å². The molecule has 0 heterocycles. The molecule has 5 heteroatoms. The SMILES string of the molecule is COCCN(CCC(O)c1cc(F)cc(F)c1)C(C)C. The highest BCUT2D eigenvalue weighted by molar-refractivity contribution is 5.20. The molecule has 0 bridgehead atoms. The van der Waals surface area contributed by atoms with Gasteiger partial charge in [-0.3, -0.25) is 4.90 Å². The van der Waals surface area contributed by atoms with Gasteiger partial charge in [-0.2, -0.15) is 0 Å². The van der Waals surface area contributed by atoms with Crippen molar-refractivity contribution in [1.82, 2.24) is 4.90 Å². The van der Waals surface area contributed by atoms with Gasteiger partial charge in [-0.15, -0.1) is 0 Å². The van der Waals surface area contributed by atoms with Crippen LogP contribution in [-0.4, -0.2) is 42.9 Å². The van der Waals surface area contributed by atoms with Gasteiger partial charge >= 0.3 is 0 Å². The second-order valence-electron chi connectivity index (χ2n) is 5.13. The third-order valence-corrected chi connectivity index (χ3v) is 3.27. The van der Waals surface area contributed by atoms with Crippen LogP contribution in [0.15, 0.2) is 18.2 Å². The third-order valence-electron chi connectivity index (χ3n) is 3.27. The van der Waals surface area contributed by atoms with Crippen molar-refractivity contribution in [1.29, 1.82) is 0 Å². The molecule has 0 radical (unpaired) electrons. The van der Waals surface area contributed by atoms with Crippen LogP contribution in [0.5, 0.6) is 0 Å². The zero-order valence-corrected chi connectivity index (χ0v) is 12.3. The van der Waals surface area contributed by atoms with Gasteiger partial charge in [-0.25, -0.2) is 8.78 Å². The summed E-state index contributed by atoms with van der Waals surface area (Å²) in [6.07, 6.45) is -0.450. The third kappa shape index (κ3) is 5.53. The van der Waals surface area contributed by atoms with Crippen molar-refractivity contribution in [2.75, 3.05) is 26.8 Å². The first-order valence-electron chi connectivity index (χ1n) is 6.81. The lowest BCUT2D eigenvalue weighted by molar-refractivity contribution is 0.102. The molecule has 0 aliphatic carbocycles. The molecule has 1 aromatic rings. The second-order valence-corrected chi connectivity index (χ2v) is 5.13. The van der Waals surface area contributed by atoms with Crippen LogP contribution in [0.2, 0.25) is 0 Å². The minimum atomic E-state index is -0.871. The van der Waals surface area contributed by atoms with Gasteiger partial charge in [0.2, 0.25) is 0 Å². The molecular formula is C15H23F2NO2. The molecule has 3 nitrogen and oxygen atoms in total. The van der Waals surface area contributed by atoms with Crippen molar-refractivity contribution in [3.63, 3.8) is 0 Å². The topological polar surface area (TPSA) is 32.7 Å². The molecule has 0 aromatic heterocycles. The molecule has 1 N–H and O–H groups in total. The lowest BCUT2D eigenvalue weighted by Crippen LogP contribution is -2.35. The predicted octanol–water partition coefficient (Wildman–Crippen LogP) is 2.75. The summed E-state index contributed by atoms with van der Waals surface area (Å²) < 4.78 is 31.2. The molecule has 20 heavy (non-hydrogen) atoms. The number of aliphatic hydroxyl groups is 1. The molecule has 0 aliphatic rings. The first kappa shape index (κ1) is 17.0. The van der Waals surface area contributed by atoms with Crippen LogP contribution >= 0.6 is 0 Å². The van der Waals surface area contributed by atoms with Crippen molar-refractivity contribution in [3.8, 4) is 0 Å². The Balaban J connectivity index is 2.58. The predicted molar refractivity (Wildman–Crippen MR) is 74.5 cm³/mol. The number of methoxy groups -OCH3 is 1. The minimum absolute atomic E-state index is 0.276. The lowest BCUT2D eigenvalue weighted by atomic mass is 10.1. The minimum Gasteiger partial charge on any atom is -0.388 e. The summed E-state index contributed by atoms with van der Waals surface area (Å²) in [4.78, 5) is 2.16. The number of nitrogens with zero attached hydrogens (tertiary/aromatic N) is 1. The van der Waals surface area contributed by atoms with E-state index >= 15 is 0 Å². The molecule has 1 rings (SSSR count). The fourth-order valence-corrected chi connectivity index (χ4v) is 2.06. The molecule has 0 amide bonds. The van der Waals surface area contributed by atoms with E-state index in [0.29, 0.717) is 25.6 Å². The lowest BCUT2D eigenvalue weighted by Gasteiger charge is -2.27. The van der Waals surface area contributed by atoms with Crippen LogP contribution in [0.1, 0.15) is 31.9 Å². The first-order chi connectivity index (χ1) is 9.43. The summed E-state index contributed by atoms with van der Waals surface area (Å²) >= 11 is 0. The summed E-state index contributed by atoms with van der Waals surface area (Å²) in [6.45, 7) is 6.13. The number of hydrogen-bond acceptors (Lipinski definition) is 3. The fraction of sp³-hybridized carbons (Fsp3) is 0.600. The maximum Gasteiger partial charge on any atom is 0.126 e. The van der Waals surface area contributed by atoms with Crippen LogP contribution < -0.4 is 0 Å². The highest BCUT2D eigenvalue weighted by Crippen LogP contribution is 2.20. The Morgan fingerprint density at radius 1 is 1.15 bits per heavy atom. The van der Waals surface area contributed by atoms with Crippen LogP contribution in [-0.2, 0) is 4.74 Å². The standard InChI is InChI=1S/C15H23F2NO2/c1-11(2)18(6-7-20-3)5-4-15(19)12-8-13(16)10-14(17)9-12/h8-11,15,19H,4-7H2,1-3H3. The number of hydrogen-bond donors (Lipinski definition) is 1. The summed E-state index contributed by atoms with van der Waals surface area (Å²) in [6, 6.07) is 3.46. The van der Waals surface area contributed by atoms with Gasteiger partial charge in [0.15, 0.2) is 0 Å². The van der Waals surface area contributed by atoms with E-state index in [1.54, 1.807) is 7.11 Å². The van der Waals surface area contributed by atoms with Crippen molar-refractivity contribution < 1.29 is 18.6 Å². The summed E-state index contributed by atoms with van der Waals surface area (Å²) in [7, 11) is 1.64. The second kappa shape index (κ2) is 8.29. The van der Waals surface area contributed by atoms with Gasteiger partial charge in [0, 0.05) is 32.3 Å². The summed E-state index contributed by atoms with van der Waals surface area (Å²) in [5, 5.41) is 10.0. The van der Waals surface area contributed by atoms with Crippen molar-refractivity contribution >= 4 is 0 Å². The Morgan fingerprint density at radius 2 is 1.75 bits per heavy atom. The van der Waals surface area contributed by atoms with Gasteiger partial charge in [0.25, 0.3) is 0 Å². The molecule has 1 unspecified atom stereocenters. The van der Waals surface area contributed by atoms with Gasteiger partial charge in [0.05, 0.1) is 12.7 Å². The first-order valence-corrected chi connectivity index (χ1v) is 6.81. The van der Waals surface area contributed by atoms with E-state index < -0.39 is 17.7 Å². The molecule has 1 atom stereocenters. The molecule has 0 aliphatic heterocycles. The number of ether oxygens (including phenoxy) is 1. The highest BCUT2D eigenvalue weighted by Gasteiger charge is 2.14. The zero-order chi connectivity index (χ0) is 15.1. The Hall–Kier alpha value is -1.04. The maximum absolute atomic E-state index is 13.1. The van der Waals surface area contributed by atoms with E-state index in [9.17, 15) is 13.9 Å². The fourth-order valence-electron chi connectivity index (χ4n) is 2.06. The molecule has 0 saturated heterocycles. The van der Waals surface area contributed by atoms with E-state index in [1.165, 1.54) is 12.1 Å². The zero-order valence-electron chi connectivity index (χ0n) is 12.3. The molecule has 0 spiro atoms. The van der Waals surface area contributed by atoms with Crippen LogP contribution in [0.4, 0.5) is 8.78 Å². The van der Waals surface area contributed by atoms with Gasteiger partial charge < -0.3 is 9.84 Å². The van der Waals surface area contributed by atoms with Crippen LogP contribution in [0.3, 0.4) is 0 Å². The number of halogens is 2. The van der Waals surface area contributed by atoms with E-state index in [-0.39, 0.29) is 5.56 Å². The van der Waals surface area contributed by atoms with Crippen LogP contribution in [0, 0.1) is 11.6 Å². The summed E-state index contributed by atoms with van der Waals surface area (Å²) in [5.74, 6) is -1.33. The van der Waals surface area contributed by atoms with Crippen molar-refractivity contribution in [2.24, 2.45) is 0 Å². The van der Waals surface area contributed by atoms with Crippen LogP contribution in [0.25, 0.3) is 0 Å². The van der Waals surface area contributed by atoms with E-state index in [1.807, 2.05) is 0 Å². The number of benzene rings is 1. The van der Waals surface area contributed by atoms with Gasteiger partial charge in [0.1, 0.15) is 11.6 Å². The average molecular weight is 287 g/mol. The van der Waals surface area contributed by atoms with E-state index in [2.05, 4.69) is 18.7 Å². The normalized spacial score (nSPS) is 13.2. The monoisotopic (exact) mass is 287 g/mol. The largest absolute Gasteiger partial charge is 0.388 e. The molecule has 1 aromatic carbocycles. The molecule has 0 fully saturated rings. The number of rotatable bonds is 8. The van der Waals surface area contributed by atoms with E-state index in [0.717, 1.165) is 12.6 Å². The van der Waals surface area contributed by atoms with Gasteiger partial charge in [-0.05, 0) is 38.0 Å². The Morgan fingerprint density at radius 3 is 2.25 bits per heavy atom. The quantitative estimate of drug-likeness (QED) is 0.798. The molecule has 114 valence electrons.